The Balaban J connectivity index is 1.97. The highest BCUT2D eigenvalue weighted by Crippen LogP contribution is 2.25. The van der Waals surface area contributed by atoms with Crippen molar-refractivity contribution in [3.63, 3.8) is 0 Å². The van der Waals surface area contributed by atoms with Crippen LogP contribution in [0.1, 0.15) is 20.3 Å². The van der Waals surface area contributed by atoms with Crippen LogP contribution in [0.3, 0.4) is 0 Å². The molecule has 1 fully saturated rings. The third-order valence-electron chi connectivity index (χ3n) is 3.53. The number of hydrogen-bond acceptors (Lipinski definition) is 6. The van der Waals surface area contributed by atoms with Gasteiger partial charge >= 0.3 is 11.8 Å². The Bertz CT molecular complexity index is 688. The smallest absolute Gasteiger partial charge is 0.309 e. The first-order chi connectivity index (χ1) is 11.8. The molecule has 2 heterocycles. The monoisotopic (exact) mass is 389 g/mol. The molecule has 0 radical (unpaired) electrons. The lowest BCUT2D eigenvalue weighted by molar-refractivity contribution is -0.140. The maximum Gasteiger partial charge on any atom is 0.309 e. The van der Waals surface area contributed by atoms with Crippen LogP contribution in [0.2, 0.25) is 0 Å². The van der Waals surface area contributed by atoms with Crippen LogP contribution in [-0.4, -0.2) is 57.0 Å². The zero-order valence-corrected chi connectivity index (χ0v) is 15.9. The van der Waals surface area contributed by atoms with Gasteiger partial charge in [0.15, 0.2) is 0 Å². The van der Waals surface area contributed by atoms with Gasteiger partial charge in [0, 0.05) is 13.1 Å². The minimum Gasteiger partial charge on any atom is -0.360 e. The van der Waals surface area contributed by atoms with Crippen LogP contribution >= 0.6 is 11.3 Å². The summed E-state index contributed by atoms with van der Waals surface area (Å²) < 4.78 is 32.3. The molecule has 0 spiro atoms. The Morgan fingerprint density at radius 3 is 2.72 bits per heavy atom. The molecule has 0 aromatic carbocycles. The Morgan fingerprint density at radius 2 is 2.08 bits per heavy atom. The molecular weight excluding hydrogens is 366 g/mol. The highest BCUT2D eigenvalue weighted by atomic mass is 32.2. The average molecular weight is 389 g/mol. The van der Waals surface area contributed by atoms with Crippen molar-refractivity contribution in [2.24, 2.45) is 5.92 Å². The maximum absolute atomic E-state index is 12.7. The van der Waals surface area contributed by atoms with Crippen LogP contribution in [0.15, 0.2) is 21.7 Å². The number of carbonyl (C=O) groups is 2. The zero-order valence-electron chi connectivity index (χ0n) is 14.2. The molecule has 2 N–H and O–H groups in total. The fourth-order valence-corrected chi connectivity index (χ4v) is 4.95. The van der Waals surface area contributed by atoms with E-state index < -0.39 is 28.1 Å². The molecule has 10 heteroatoms. The lowest BCUT2D eigenvalue weighted by atomic mass is 10.2. The van der Waals surface area contributed by atoms with E-state index in [1.807, 2.05) is 13.8 Å². The van der Waals surface area contributed by atoms with Gasteiger partial charge in [0.05, 0.1) is 13.2 Å². The number of nitrogens with zero attached hydrogens (tertiary/aromatic N) is 1. The number of amides is 2. The molecule has 1 aliphatic rings. The molecule has 2 amide bonds. The van der Waals surface area contributed by atoms with Crippen molar-refractivity contribution in [1.29, 1.82) is 0 Å². The summed E-state index contributed by atoms with van der Waals surface area (Å²) in [6.07, 6.45) is -0.257. The second kappa shape index (κ2) is 8.75. The lowest BCUT2D eigenvalue weighted by Crippen LogP contribution is -2.53. The van der Waals surface area contributed by atoms with Crippen molar-refractivity contribution in [2.45, 2.75) is 30.7 Å². The summed E-state index contributed by atoms with van der Waals surface area (Å²) in [6.45, 7) is 4.85. The third kappa shape index (κ3) is 5.24. The Kier molecular flexibility index (Phi) is 6.94. The maximum atomic E-state index is 12.7. The third-order valence-corrected chi connectivity index (χ3v) is 6.79. The van der Waals surface area contributed by atoms with Crippen molar-refractivity contribution in [3.8, 4) is 0 Å². The van der Waals surface area contributed by atoms with E-state index in [-0.39, 0.29) is 16.7 Å². The Morgan fingerprint density at radius 1 is 1.36 bits per heavy atom. The van der Waals surface area contributed by atoms with Gasteiger partial charge in [-0.15, -0.1) is 11.3 Å². The predicted octanol–water partition coefficient (Wildman–Crippen LogP) is 0.374. The largest absolute Gasteiger partial charge is 0.360 e. The molecule has 1 atom stereocenters. The SMILES string of the molecule is CC(C)CNC(=O)C(=O)NC[C@H]1OCCCN1S(=O)(=O)c1cccs1. The number of rotatable bonds is 6. The number of nitrogens with one attached hydrogen (secondary N) is 2. The molecule has 25 heavy (non-hydrogen) atoms. The van der Waals surface area contributed by atoms with E-state index in [1.165, 1.54) is 10.4 Å². The quantitative estimate of drug-likeness (QED) is 0.684. The van der Waals surface area contributed by atoms with Crippen molar-refractivity contribution < 1.29 is 22.7 Å². The van der Waals surface area contributed by atoms with E-state index in [9.17, 15) is 18.0 Å². The second-order valence-corrected chi connectivity index (χ2v) is 9.11. The normalized spacial score (nSPS) is 18.9. The number of ether oxygens (including phenoxy) is 1. The van der Waals surface area contributed by atoms with Gasteiger partial charge in [-0.1, -0.05) is 19.9 Å². The standard InChI is InChI=1S/C15H23N3O5S2/c1-11(2)9-16-14(19)15(20)17-10-12-18(6-4-7-23-12)25(21,22)13-5-3-8-24-13/h3,5,8,11-12H,4,6-7,9-10H2,1-2H3,(H,16,19)(H,17,20)/t12-/m1/s1. The average Bonchev–Trinajstić information content (AvgIpc) is 3.13. The zero-order chi connectivity index (χ0) is 18.4. The van der Waals surface area contributed by atoms with Crippen molar-refractivity contribution in [1.82, 2.24) is 14.9 Å². The van der Waals surface area contributed by atoms with Gasteiger partial charge in [0.1, 0.15) is 10.4 Å². The Hall–Kier alpha value is -1.49. The highest BCUT2D eigenvalue weighted by molar-refractivity contribution is 7.91. The Labute approximate surface area is 151 Å². The van der Waals surface area contributed by atoms with Crippen LogP contribution < -0.4 is 10.6 Å². The summed E-state index contributed by atoms with van der Waals surface area (Å²) in [4.78, 5) is 23.5. The fraction of sp³-hybridized carbons (Fsp3) is 0.600. The molecule has 1 aromatic rings. The number of thiophene rings is 1. The van der Waals surface area contributed by atoms with E-state index in [4.69, 9.17) is 4.74 Å². The fourth-order valence-electron chi connectivity index (χ4n) is 2.27. The van der Waals surface area contributed by atoms with E-state index >= 15 is 0 Å². The second-order valence-electron chi connectivity index (χ2n) is 6.04. The molecule has 8 nitrogen and oxygen atoms in total. The van der Waals surface area contributed by atoms with Gasteiger partial charge in [-0.2, -0.15) is 4.31 Å². The molecule has 0 saturated carbocycles. The number of carbonyl (C=O) groups excluding carboxylic acids is 2. The van der Waals surface area contributed by atoms with E-state index in [2.05, 4.69) is 10.6 Å². The summed E-state index contributed by atoms with van der Waals surface area (Å²) in [6, 6.07) is 3.20. The molecule has 0 bridgehead atoms. The number of sulfonamides is 1. The van der Waals surface area contributed by atoms with Crippen LogP contribution in [0.4, 0.5) is 0 Å². The summed E-state index contributed by atoms with van der Waals surface area (Å²) in [5.74, 6) is -1.31. The van der Waals surface area contributed by atoms with Crippen molar-refractivity contribution in [3.05, 3.63) is 17.5 Å². The summed E-state index contributed by atoms with van der Waals surface area (Å²) in [5, 5.41) is 6.64. The first-order valence-corrected chi connectivity index (χ1v) is 10.4. The highest BCUT2D eigenvalue weighted by Gasteiger charge is 2.35. The van der Waals surface area contributed by atoms with Gasteiger partial charge < -0.3 is 15.4 Å². The van der Waals surface area contributed by atoms with Crippen LogP contribution in [0.25, 0.3) is 0 Å². The number of hydrogen-bond donors (Lipinski definition) is 2. The topological polar surface area (TPSA) is 105 Å². The van der Waals surface area contributed by atoms with Crippen molar-refractivity contribution in [2.75, 3.05) is 26.2 Å². The summed E-state index contributed by atoms with van der Waals surface area (Å²) >= 11 is 1.13. The molecular formula is C15H23N3O5S2. The van der Waals surface area contributed by atoms with Gasteiger partial charge in [0.25, 0.3) is 10.0 Å². The molecule has 140 valence electrons. The van der Waals surface area contributed by atoms with Gasteiger partial charge in [-0.05, 0) is 23.8 Å². The van der Waals surface area contributed by atoms with Crippen molar-refractivity contribution >= 4 is 33.2 Å². The van der Waals surface area contributed by atoms with Crippen LogP contribution in [0.5, 0.6) is 0 Å². The van der Waals surface area contributed by atoms with Crippen LogP contribution in [-0.2, 0) is 24.3 Å². The minimum absolute atomic E-state index is 0.0848. The predicted molar refractivity (Wildman–Crippen MR) is 93.4 cm³/mol. The van der Waals surface area contributed by atoms with Crippen LogP contribution in [0, 0.1) is 5.92 Å². The van der Waals surface area contributed by atoms with E-state index in [0.717, 1.165) is 11.3 Å². The lowest BCUT2D eigenvalue weighted by Gasteiger charge is -2.34. The minimum atomic E-state index is -3.68. The first-order valence-electron chi connectivity index (χ1n) is 8.05. The van der Waals surface area contributed by atoms with Gasteiger partial charge in [0.2, 0.25) is 0 Å². The molecule has 2 rings (SSSR count). The van der Waals surface area contributed by atoms with E-state index in [1.54, 1.807) is 11.4 Å². The molecule has 0 aliphatic carbocycles. The summed E-state index contributed by atoms with van der Waals surface area (Å²) in [5.41, 5.74) is 0. The molecule has 0 unspecified atom stereocenters. The summed E-state index contributed by atoms with van der Waals surface area (Å²) in [7, 11) is -3.68. The van der Waals surface area contributed by atoms with E-state index in [0.29, 0.717) is 26.1 Å². The molecule has 1 saturated heterocycles. The van der Waals surface area contributed by atoms with Gasteiger partial charge in [-0.25, -0.2) is 8.42 Å². The van der Waals surface area contributed by atoms with Gasteiger partial charge in [-0.3, -0.25) is 9.59 Å². The first kappa shape index (κ1) is 19.8. The molecule has 1 aromatic heterocycles. The molecule has 1 aliphatic heterocycles.